The third-order valence-corrected chi connectivity index (χ3v) is 2.22. The molecule has 0 aromatic carbocycles. The molecule has 1 atom stereocenters. The standard InChI is InChI=1S/C11H18N2O/c1-10(5-4-6-12)7-11(2,3)8-13-9-14/h10H,4-5,7-8H2,1-3H3. The van der Waals surface area contributed by atoms with Crippen molar-refractivity contribution in [2.75, 3.05) is 6.54 Å². The molecule has 0 spiro atoms. The molecule has 0 saturated carbocycles. The molecule has 78 valence electrons. The van der Waals surface area contributed by atoms with Crippen molar-refractivity contribution in [3.63, 3.8) is 0 Å². The normalized spacial score (nSPS) is 12.7. The van der Waals surface area contributed by atoms with E-state index >= 15 is 0 Å². The largest absolute Gasteiger partial charge is 0.234 e. The maximum Gasteiger partial charge on any atom is 0.234 e. The molecule has 14 heavy (non-hydrogen) atoms. The molecule has 3 nitrogen and oxygen atoms in total. The van der Waals surface area contributed by atoms with Crippen LogP contribution >= 0.6 is 0 Å². The molecule has 1 unspecified atom stereocenters. The van der Waals surface area contributed by atoms with Gasteiger partial charge in [0.05, 0.1) is 12.6 Å². The van der Waals surface area contributed by atoms with E-state index in [4.69, 9.17) is 5.26 Å². The van der Waals surface area contributed by atoms with Gasteiger partial charge in [-0.05, 0) is 24.2 Å². The van der Waals surface area contributed by atoms with Crippen molar-refractivity contribution in [2.24, 2.45) is 16.3 Å². The first-order valence-electron chi connectivity index (χ1n) is 4.92. The van der Waals surface area contributed by atoms with Crippen LogP contribution in [0.15, 0.2) is 4.99 Å². The van der Waals surface area contributed by atoms with E-state index in [0.717, 1.165) is 12.8 Å². The Morgan fingerprint density at radius 3 is 2.64 bits per heavy atom. The highest BCUT2D eigenvalue weighted by Gasteiger charge is 2.20. The highest BCUT2D eigenvalue weighted by molar-refractivity contribution is 5.32. The Morgan fingerprint density at radius 1 is 1.50 bits per heavy atom. The fourth-order valence-corrected chi connectivity index (χ4v) is 1.67. The molecule has 0 aliphatic carbocycles. The molecule has 0 bridgehead atoms. The van der Waals surface area contributed by atoms with Crippen molar-refractivity contribution >= 4 is 6.08 Å². The molecule has 0 aromatic rings. The summed E-state index contributed by atoms with van der Waals surface area (Å²) in [6.45, 7) is 6.81. The van der Waals surface area contributed by atoms with Crippen LogP contribution in [0, 0.1) is 22.7 Å². The number of aliphatic imine (C=N–C) groups is 1. The number of hydrogen-bond donors (Lipinski definition) is 0. The van der Waals surface area contributed by atoms with E-state index in [1.807, 2.05) is 0 Å². The van der Waals surface area contributed by atoms with Gasteiger partial charge in [0.1, 0.15) is 0 Å². The Kier molecular flexibility index (Phi) is 5.83. The maximum atomic E-state index is 9.97. The lowest BCUT2D eigenvalue weighted by Gasteiger charge is -2.25. The number of carbonyl (C=O) groups excluding carboxylic acids is 1. The molecule has 0 rings (SSSR count). The maximum absolute atomic E-state index is 9.97. The summed E-state index contributed by atoms with van der Waals surface area (Å²) in [5.41, 5.74) is 0.0340. The summed E-state index contributed by atoms with van der Waals surface area (Å²) in [4.78, 5) is 13.6. The van der Waals surface area contributed by atoms with Crippen LogP contribution in [0.2, 0.25) is 0 Å². The number of hydrogen-bond acceptors (Lipinski definition) is 3. The summed E-state index contributed by atoms with van der Waals surface area (Å²) in [5.74, 6) is 0.506. The second kappa shape index (κ2) is 6.34. The summed E-state index contributed by atoms with van der Waals surface area (Å²) in [7, 11) is 0. The second-order valence-electron chi connectivity index (χ2n) is 4.58. The molecule has 0 saturated heterocycles. The fourth-order valence-electron chi connectivity index (χ4n) is 1.67. The van der Waals surface area contributed by atoms with Crippen molar-refractivity contribution in [2.45, 2.75) is 40.0 Å². The molecular formula is C11H18N2O. The predicted octanol–water partition coefficient (Wildman–Crippen LogP) is 2.68. The van der Waals surface area contributed by atoms with Crippen molar-refractivity contribution < 1.29 is 4.79 Å². The van der Waals surface area contributed by atoms with Gasteiger partial charge in [-0.15, -0.1) is 0 Å². The van der Waals surface area contributed by atoms with Gasteiger partial charge in [0.25, 0.3) is 0 Å². The Hall–Kier alpha value is -1.13. The average molecular weight is 194 g/mol. The number of nitrogens with zero attached hydrogens (tertiary/aromatic N) is 2. The van der Waals surface area contributed by atoms with Gasteiger partial charge >= 0.3 is 0 Å². The van der Waals surface area contributed by atoms with E-state index in [-0.39, 0.29) is 5.41 Å². The van der Waals surface area contributed by atoms with Gasteiger partial charge in [-0.2, -0.15) is 5.26 Å². The Balaban J connectivity index is 3.94. The summed E-state index contributed by atoms with van der Waals surface area (Å²) < 4.78 is 0. The molecule has 0 amide bonds. The highest BCUT2D eigenvalue weighted by atomic mass is 16.1. The lowest BCUT2D eigenvalue weighted by atomic mass is 9.82. The zero-order valence-corrected chi connectivity index (χ0v) is 9.21. The Morgan fingerprint density at radius 2 is 2.14 bits per heavy atom. The van der Waals surface area contributed by atoms with Crippen molar-refractivity contribution in [3.05, 3.63) is 0 Å². The Labute approximate surface area is 85.8 Å². The highest BCUT2D eigenvalue weighted by Crippen LogP contribution is 2.27. The second-order valence-corrected chi connectivity index (χ2v) is 4.58. The smallest absolute Gasteiger partial charge is 0.211 e. The molecule has 0 heterocycles. The van der Waals surface area contributed by atoms with Gasteiger partial charge in [0.15, 0.2) is 0 Å². The minimum absolute atomic E-state index is 0.0340. The number of nitriles is 1. The van der Waals surface area contributed by atoms with Gasteiger partial charge in [-0.1, -0.05) is 20.8 Å². The van der Waals surface area contributed by atoms with Crippen LogP contribution in [-0.2, 0) is 4.79 Å². The van der Waals surface area contributed by atoms with Crippen molar-refractivity contribution in [3.8, 4) is 6.07 Å². The molecule has 0 N–H and O–H groups in total. The SMILES string of the molecule is CC(CCC#N)CC(C)(C)CN=C=O. The van der Waals surface area contributed by atoms with E-state index in [9.17, 15) is 4.79 Å². The van der Waals surface area contributed by atoms with Gasteiger partial charge < -0.3 is 0 Å². The third kappa shape index (κ3) is 6.39. The van der Waals surface area contributed by atoms with Gasteiger partial charge in [0, 0.05) is 6.42 Å². The van der Waals surface area contributed by atoms with E-state index in [0.29, 0.717) is 18.9 Å². The van der Waals surface area contributed by atoms with Crippen LogP contribution in [0.4, 0.5) is 0 Å². The predicted molar refractivity (Wildman–Crippen MR) is 55.4 cm³/mol. The first kappa shape index (κ1) is 12.9. The van der Waals surface area contributed by atoms with Crippen molar-refractivity contribution in [1.82, 2.24) is 0 Å². The van der Waals surface area contributed by atoms with Crippen LogP contribution < -0.4 is 0 Å². The molecular weight excluding hydrogens is 176 g/mol. The topological polar surface area (TPSA) is 53.2 Å². The van der Waals surface area contributed by atoms with E-state index < -0.39 is 0 Å². The number of isocyanates is 1. The number of rotatable bonds is 6. The molecule has 0 aliphatic heterocycles. The summed E-state index contributed by atoms with van der Waals surface area (Å²) in [5, 5.41) is 8.44. The first-order valence-corrected chi connectivity index (χ1v) is 4.92. The average Bonchev–Trinajstić information content (AvgIpc) is 2.11. The summed E-state index contributed by atoms with van der Waals surface area (Å²) in [6.07, 6.45) is 4.08. The van der Waals surface area contributed by atoms with Crippen LogP contribution in [0.5, 0.6) is 0 Å². The molecule has 0 aromatic heterocycles. The molecule has 0 aliphatic rings. The minimum Gasteiger partial charge on any atom is -0.211 e. The monoisotopic (exact) mass is 194 g/mol. The summed E-state index contributed by atoms with van der Waals surface area (Å²) in [6, 6.07) is 2.14. The first-order chi connectivity index (χ1) is 6.52. The zero-order valence-electron chi connectivity index (χ0n) is 9.21. The van der Waals surface area contributed by atoms with E-state index in [1.165, 1.54) is 0 Å². The van der Waals surface area contributed by atoms with Crippen LogP contribution in [0.3, 0.4) is 0 Å². The van der Waals surface area contributed by atoms with Crippen LogP contribution in [0.1, 0.15) is 40.0 Å². The molecule has 0 radical (unpaired) electrons. The van der Waals surface area contributed by atoms with Gasteiger partial charge in [-0.25, -0.2) is 9.79 Å². The third-order valence-electron chi connectivity index (χ3n) is 2.22. The molecule has 0 fully saturated rings. The van der Waals surface area contributed by atoms with Gasteiger partial charge in [0.2, 0.25) is 6.08 Å². The van der Waals surface area contributed by atoms with Crippen LogP contribution in [0.25, 0.3) is 0 Å². The molecule has 3 heteroatoms. The Bertz CT molecular complexity index is 247. The van der Waals surface area contributed by atoms with E-state index in [2.05, 4.69) is 31.8 Å². The fraction of sp³-hybridized carbons (Fsp3) is 0.818. The van der Waals surface area contributed by atoms with Gasteiger partial charge in [-0.3, -0.25) is 0 Å². The van der Waals surface area contributed by atoms with Crippen LogP contribution in [-0.4, -0.2) is 12.6 Å². The lowest BCUT2D eigenvalue weighted by Crippen LogP contribution is -2.19. The minimum atomic E-state index is 0.0340. The lowest BCUT2D eigenvalue weighted by molar-refractivity contribution is 0.279. The zero-order chi connectivity index (χ0) is 11.0. The quantitative estimate of drug-likeness (QED) is 0.482. The van der Waals surface area contributed by atoms with E-state index in [1.54, 1.807) is 6.08 Å². The van der Waals surface area contributed by atoms with Crippen molar-refractivity contribution in [1.29, 1.82) is 5.26 Å². The summed E-state index contributed by atoms with van der Waals surface area (Å²) >= 11 is 0.